The van der Waals surface area contributed by atoms with E-state index in [0.29, 0.717) is 0 Å². The van der Waals surface area contributed by atoms with Crippen LogP contribution in [0, 0.1) is 0 Å². The summed E-state index contributed by atoms with van der Waals surface area (Å²) in [6.45, 7) is 1.62. The summed E-state index contributed by atoms with van der Waals surface area (Å²) in [6, 6.07) is 1.90. The van der Waals surface area contributed by atoms with E-state index < -0.39 is 0 Å². The largest absolute Gasteiger partial charge is 0.298 e. The van der Waals surface area contributed by atoms with Gasteiger partial charge in [-0.2, -0.15) is 0 Å². The maximum atomic E-state index is 11.3. The monoisotopic (exact) mass is 261 g/mol. The summed E-state index contributed by atoms with van der Waals surface area (Å²) in [5.74, 6) is 0.180. The molecule has 2 nitrogen and oxygen atoms in total. The number of halogens is 1. The Labute approximate surface area is 90.7 Å². The number of nitrogens with zero attached hydrogens (tertiary/aromatic N) is 1. The van der Waals surface area contributed by atoms with Gasteiger partial charge >= 0.3 is 0 Å². The van der Waals surface area contributed by atoms with Crippen molar-refractivity contribution < 1.29 is 4.79 Å². The van der Waals surface area contributed by atoms with Crippen molar-refractivity contribution >= 4 is 33.0 Å². The molecule has 1 atom stereocenters. The van der Waals surface area contributed by atoms with Gasteiger partial charge in [-0.15, -0.1) is 11.3 Å². The lowest BCUT2D eigenvalue weighted by Crippen LogP contribution is -2.24. The van der Waals surface area contributed by atoms with Crippen molar-refractivity contribution in [3.05, 3.63) is 20.8 Å². The molecule has 1 unspecified atom stereocenters. The number of thiophene rings is 1. The van der Waals surface area contributed by atoms with Gasteiger partial charge in [0.2, 0.25) is 0 Å². The molecule has 0 aliphatic rings. The normalized spacial score (nSPS) is 13.3. The Bertz CT molecular complexity index is 308. The molecule has 0 N–H and O–H groups in total. The van der Waals surface area contributed by atoms with Crippen molar-refractivity contribution in [3.63, 3.8) is 0 Å². The lowest BCUT2D eigenvalue weighted by Gasteiger charge is -2.19. The second kappa shape index (κ2) is 4.35. The predicted molar refractivity (Wildman–Crippen MR) is 59.1 cm³/mol. The Hall–Kier alpha value is -0.190. The van der Waals surface area contributed by atoms with Crippen LogP contribution >= 0.6 is 27.3 Å². The summed E-state index contributed by atoms with van der Waals surface area (Å²) in [5.41, 5.74) is 0. The number of carbonyl (C=O) groups is 1. The minimum absolute atomic E-state index is 0.101. The summed E-state index contributed by atoms with van der Waals surface area (Å²) in [4.78, 5) is 14.4. The van der Waals surface area contributed by atoms with Crippen molar-refractivity contribution in [2.45, 2.75) is 13.0 Å². The van der Waals surface area contributed by atoms with Crippen molar-refractivity contribution in [2.75, 3.05) is 14.1 Å². The number of hydrogen-bond donors (Lipinski definition) is 0. The molecule has 0 aliphatic heterocycles. The molecular formula is C9H12BrNOS. The molecule has 1 aromatic heterocycles. The fourth-order valence-electron chi connectivity index (χ4n) is 1.29. The Kier molecular flexibility index (Phi) is 3.64. The highest BCUT2D eigenvalue weighted by molar-refractivity contribution is 9.10. The van der Waals surface area contributed by atoms with E-state index in [2.05, 4.69) is 15.9 Å². The number of rotatable bonds is 3. The van der Waals surface area contributed by atoms with Gasteiger partial charge in [-0.1, -0.05) is 0 Å². The minimum Gasteiger partial charge on any atom is -0.298 e. The van der Waals surface area contributed by atoms with Crippen LogP contribution in [0.15, 0.2) is 15.9 Å². The van der Waals surface area contributed by atoms with Crippen LogP contribution in [0.1, 0.15) is 17.8 Å². The van der Waals surface area contributed by atoms with E-state index in [1.54, 1.807) is 18.3 Å². The van der Waals surface area contributed by atoms with Gasteiger partial charge in [0, 0.05) is 14.7 Å². The second-order valence-electron chi connectivity index (χ2n) is 3.14. The smallest absolute Gasteiger partial charge is 0.152 e. The molecule has 0 aliphatic carbocycles. The van der Waals surface area contributed by atoms with Gasteiger partial charge in [-0.3, -0.25) is 9.69 Å². The van der Waals surface area contributed by atoms with Crippen LogP contribution in [-0.2, 0) is 4.79 Å². The maximum Gasteiger partial charge on any atom is 0.152 e. The summed E-state index contributed by atoms with van der Waals surface area (Å²) < 4.78 is 1.04. The molecule has 0 saturated heterocycles. The summed E-state index contributed by atoms with van der Waals surface area (Å²) >= 11 is 4.98. The fourth-order valence-corrected chi connectivity index (χ4v) is 2.99. The Morgan fingerprint density at radius 2 is 2.23 bits per heavy atom. The van der Waals surface area contributed by atoms with Crippen LogP contribution in [0.5, 0.6) is 0 Å². The Morgan fingerprint density at radius 1 is 1.62 bits per heavy atom. The first-order valence-electron chi connectivity index (χ1n) is 3.93. The average Bonchev–Trinajstić information content (AvgIpc) is 2.34. The number of ketones is 1. The lowest BCUT2D eigenvalue weighted by atomic mass is 10.1. The molecule has 0 saturated carbocycles. The molecule has 1 heterocycles. The molecule has 13 heavy (non-hydrogen) atoms. The maximum absolute atomic E-state index is 11.3. The highest BCUT2D eigenvalue weighted by Gasteiger charge is 2.20. The first-order valence-corrected chi connectivity index (χ1v) is 5.60. The molecular weight excluding hydrogens is 250 g/mol. The van der Waals surface area contributed by atoms with E-state index >= 15 is 0 Å². The van der Waals surface area contributed by atoms with Crippen LogP contribution in [-0.4, -0.2) is 24.8 Å². The van der Waals surface area contributed by atoms with Gasteiger partial charge < -0.3 is 0 Å². The van der Waals surface area contributed by atoms with Gasteiger partial charge in [0.15, 0.2) is 5.78 Å². The highest BCUT2D eigenvalue weighted by Crippen LogP contribution is 2.28. The van der Waals surface area contributed by atoms with E-state index in [4.69, 9.17) is 0 Å². The van der Waals surface area contributed by atoms with E-state index in [1.807, 2.05) is 30.4 Å². The number of carbonyl (C=O) groups excluding carboxylic acids is 1. The number of Topliss-reactive ketones (excluding diaryl/α,β-unsaturated/α-hetero) is 1. The SMILES string of the molecule is CC(=O)C(c1cc(Br)cs1)N(C)C. The van der Waals surface area contributed by atoms with Crippen molar-refractivity contribution in [1.82, 2.24) is 4.90 Å². The van der Waals surface area contributed by atoms with E-state index in [9.17, 15) is 4.79 Å². The molecule has 0 fully saturated rings. The van der Waals surface area contributed by atoms with Crippen molar-refractivity contribution in [2.24, 2.45) is 0 Å². The fraction of sp³-hybridized carbons (Fsp3) is 0.444. The topological polar surface area (TPSA) is 20.3 Å². The zero-order valence-corrected chi connectivity index (χ0v) is 10.3. The van der Waals surface area contributed by atoms with Gasteiger partial charge in [0.05, 0.1) is 0 Å². The number of hydrogen-bond acceptors (Lipinski definition) is 3. The Morgan fingerprint density at radius 3 is 2.54 bits per heavy atom. The van der Waals surface area contributed by atoms with Crippen molar-refractivity contribution in [1.29, 1.82) is 0 Å². The second-order valence-corrected chi connectivity index (χ2v) is 5.00. The van der Waals surface area contributed by atoms with Gasteiger partial charge in [0.25, 0.3) is 0 Å². The first kappa shape index (κ1) is 10.9. The Balaban J connectivity index is 2.95. The minimum atomic E-state index is -0.101. The first-order chi connectivity index (χ1) is 6.02. The van der Waals surface area contributed by atoms with E-state index in [0.717, 1.165) is 9.35 Å². The molecule has 0 aromatic carbocycles. The molecule has 72 valence electrons. The molecule has 0 radical (unpaired) electrons. The molecule has 0 amide bonds. The average molecular weight is 262 g/mol. The van der Waals surface area contributed by atoms with Gasteiger partial charge in [-0.25, -0.2) is 0 Å². The van der Waals surface area contributed by atoms with Crippen LogP contribution in [0.3, 0.4) is 0 Å². The summed E-state index contributed by atoms with van der Waals surface area (Å²) in [6.07, 6.45) is 0. The third-order valence-corrected chi connectivity index (χ3v) is 3.50. The van der Waals surface area contributed by atoms with Gasteiger partial charge in [-0.05, 0) is 43.0 Å². The quantitative estimate of drug-likeness (QED) is 0.834. The molecule has 0 bridgehead atoms. The van der Waals surface area contributed by atoms with E-state index in [-0.39, 0.29) is 11.8 Å². The van der Waals surface area contributed by atoms with Crippen molar-refractivity contribution in [3.8, 4) is 0 Å². The summed E-state index contributed by atoms with van der Waals surface area (Å²) in [7, 11) is 3.83. The highest BCUT2D eigenvalue weighted by atomic mass is 79.9. The van der Waals surface area contributed by atoms with Crippen LogP contribution < -0.4 is 0 Å². The molecule has 4 heteroatoms. The third-order valence-electron chi connectivity index (χ3n) is 1.76. The summed E-state index contributed by atoms with van der Waals surface area (Å²) in [5, 5.41) is 1.99. The standard InChI is InChI=1S/C9H12BrNOS/c1-6(12)9(11(2)3)8-4-7(10)5-13-8/h4-5,9H,1-3H3. The number of likely N-dealkylation sites (N-methyl/N-ethyl adjacent to an activating group) is 1. The molecule has 0 spiro atoms. The van der Waals surface area contributed by atoms with Crippen LogP contribution in [0.4, 0.5) is 0 Å². The van der Waals surface area contributed by atoms with Gasteiger partial charge in [0.1, 0.15) is 6.04 Å². The van der Waals surface area contributed by atoms with Crippen LogP contribution in [0.25, 0.3) is 0 Å². The van der Waals surface area contributed by atoms with Crippen LogP contribution in [0.2, 0.25) is 0 Å². The van der Waals surface area contributed by atoms with E-state index in [1.165, 1.54) is 0 Å². The predicted octanol–water partition coefficient (Wildman–Crippen LogP) is 2.70. The zero-order chi connectivity index (χ0) is 10.0. The third kappa shape index (κ3) is 2.62. The molecule has 1 rings (SSSR count). The molecule has 1 aromatic rings. The lowest BCUT2D eigenvalue weighted by molar-refractivity contribution is -0.121. The zero-order valence-electron chi connectivity index (χ0n) is 7.87.